The largest absolute Gasteiger partial charge is 0.378 e. The van der Waals surface area contributed by atoms with Gasteiger partial charge in [0.1, 0.15) is 9.46 Å². The summed E-state index contributed by atoms with van der Waals surface area (Å²) >= 11 is 1.20. The molecule has 0 saturated heterocycles. The fourth-order valence-corrected chi connectivity index (χ4v) is 5.51. The molecule has 25 heavy (non-hydrogen) atoms. The van der Waals surface area contributed by atoms with Gasteiger partial charge in [-0.3, -0.25) is 4.79 Å². The second-order valence-electron chi connectivity index (χ2n) is 6.47. The normalized spacial score (nSPS) is 15.6. The minimum Gasteiger partial charge on any atom is -0.378 e. The van der Waals surface area contributed by atoms with Gasteiger partial charge in [-0.25, -0.2) is 8.42 Å². The zero-order valence-corrected chi connectivity index (χ0v) is 15.9. The number of amides is 1. The minimum atomic E-state index is -3.55. The number of sulfone groups is 1. The first-order chi connectivity index (χ1) is 11.9. The highest BCUT2D eigenvalue weighted by Crippen LogP contribution is 2.33. The second-order valence-corrected chi connectivity index (χ2v) is 9.78. The number of nitrogens with zero attached hydrogens (tertiary/aromatic N) is 1. The summed E-state index contributed by atoms with van der Waals surface area (Å²) in [5.41, 5.74) is 1.69. The highest BCUT2D eigenvalue weighted by atomic mass is 32.2. The highest BCUT2D eigenvalue weighted by molar-refractivity contribution is 7.93. The van der Waals surface area contributed by atoms with Gasteiger partial charge in [0.2, 0.25) is 5.91 Å². The SMILES string of the molecule is CN(C)c1ccc([C@H](CNC(=O)C2CC2)S(=O)(=O)c2cccs2)cc1. The van der Waals surface area contributed by atoms with Crippen molar-refractivity contribution in [3.63, 3.8) is 0 Å². The lowest BCUT2D eigenvalue weighted by molar-refractivity contribution is -0.122. The molecule has 0 aliphatic heterocycles. The molecule has 0 bridgehead atoms. The molecule has 1 aromatic heterocycles. The molecule has 134 valence electrons. The maximum Gasteiger partial charge on any atom is 0.223 e. The molecule has 7 heteroatoms. The predicted octanol–water partition coefficient (Wildman–Crippen LogP) is 2.86. The molecule has 0 unspecified atom stereocenters. The van der Waals surface area contributed by atoms with E-state index in [1.165, 1.54) is 11.3 Å². The number of rotatable bonds is 7. The molecule has 5 nitrogen and oxygen atoms in total. The van der Waals surface area contributed by atoms with Gasteiger partial charge in [-0.2, -0.15) is 0 Å². The van der Waals surface area contributed by atoms with Crippen molar-refractivity contribution >= 4 is 32.8 Å². The highest BCUT2D eigenvalue weighted by Gasteiger charge is 2.33. The molecule has 1 amide bonds. The van der Waals surface area contributed by atoms with Crippen LogP contribution in [-0.2, 0) is 14.6 Å². The number of hydrogen-bond donors (Lipinski definition) is 1. The molecule has 2 aromatic rings. The van der Waals surface area contributed by atoms with Crippen LogP contribution in [0.1, 0.15) is 23.7 Å². The van der Waals surface area contributed by atoms with Gasteiger partial charge in [0, 0.05) is 32.2 Å². The van der Waals surface area contributed by atoms with Crippen molar-refractivity contribution in [2.24, 2.45) is 5.92 Å². The number of carbonyl (C=O) groups is 1. The Balaban J connectivity index is 1.89. The molecule has 1 saturated carbocycles. The van der Waals surface area contributed by atoms with Crippen LogP contribution in [-0.4, -0.2) is 35.0 Å². The van der Waals surface area contributed by atoms with E-state index in [0.717, 1.165) is 18.5 Å². The average Bonchev–Trinajstić information content (AvgIpc) is 3.28. The van der Waals surface area contributed by atoms with Gasteiger partial charge in [-0.1, -0.05) is 18.2 Å². The molecule has 1 aliphatic rings. The molecule has 1 N–H and O–H groups in total. The Hall–Kier alpha value is -1.86. The summed E-state index contributed by atoms with van der Waals surface area (Å²) in [5, 5.41) is 3.79. The van der Waals surface area contributed by atoms with E-state index < -0.39 is 15.1 Å². The summed E-state index contributed by atoms with van der Waals surface area (Å²) in [7, 11) is 0.316. The second kappa shape index (κ2) is 7.17. The Morgan fingerprint density at radius 1 is 1.24 bits per heavy atom. The Labute approximate surface area is 152 Å². The summed E-state index contributed by atoms with van der Waals surface area (Å²) in [5.74, 6) is 0.0116. The Bertz CT molecular complexity index is 824. The maximum absolute atomic E-state index is 13.1. The third kappa shape index (κ3) is 4.04. The van der Waals surface area contributed by atoms with Crippen LogP contribution in [0.25, 0.3) is 0 Å². The van der Waals surface area contributed by atoms with Crippen LogP contribution in [0, 0.1) is 5.92 Å². The number of benzene rings is 1. The van der Waals surface area contributed by atoms with Gasteiger partial charge < -0.3 is 10.2 Å². The fourth-order valence-electron chi connectivity index (χ4n) is 2.64. The minimum absolute atomic E-state index is 0.0451. The van der Waals surface area contributed by atoms with Gasteiger partial charge in [0.25, 0.3) is 0 Å². The number of hydrogen-bond acceptors (Lipinski definition) is 5. The van der Waals surface area contributed by atoms with Gasteiger partial charge in [-0.15, -0.1) is 11.3 Å². The first kappa shape index (κ1) is 17.9. The number of nitrogens with one attached hydrogen (secondary N) is 1. The summed E-state index contributed by atoms with van der Waals surface area (Å²) in [6.07, 6.45) is 1.79. The van der Waals surface area contributed by atoms with E-state index >= 15 is 0 Å². The Morgan fingerprint density at radius 2 is 1.92 bits per heavy atom. The van der Waals surface area contributed by atoms with Gasteiger partial charge in [0.15, 0.2) is 9.84 Å². The molecule has 0 radical (unpaired) electrons. The van der Waals surface area contributed by atoms with E-state index in [0.29, 0.717) is 9.77 Å². The quantitative estimate of drug-likeness (QED) is 0.805. The Morgan fingerprint density at radius 3 is 2.44 bits per heavy atom. The van der Waals surface area contributed by atoms with Crippen molar-refractivity contribution in [2.45, 2.75) is 22.3 Å². The van der Waals surface area contributed by atoms with Crippen LogP contribution in [0.3, 0.4) is 0 Å². The fraction of sp³-hybridized carbons (Fsp3) is 0.389. The molecule has 1 aromatic carbocycles. The van der Waals surface area contributed by atoms with E-state index in [9.17, 15) is 13.2 Å². The first-order valence-corrected chi connectivity index (χ1v) is 10.6. The zero-order valence-electron chi connectivity index (χ0n) is 14.3. The third-order valence-electron chi connectivity index (χ3n) is 4.34. The average molecular weight is 379 g/mol. The van der Waals surface area contributed by atoms with Crippen LogP contribution in [0.15, 0.2) is 46.0 Å². The Kier molecular flexibility index (Phi) is 5.15. The van der Waals surface area contributed by atoms with E-state index in [4.69, 9.17) is 0 Å². The van der Waals surface area contributed by atoms with Crippen molar-refractivity contribution < 1.29 is 13.2 Å². The topological polar surface area (TPSA) is 66.5 Å². The van der Waals surface area contributed by atoms with Crippen molar-refractivity contribution in [2.75, 3.05) is 25.5 Å². The summed E-state index contributed by atoms with van der Waals surface area (Å²) < 4.78 is 26.4. The first-order valence-electron chi connectivity index (χ1n) is 8.22. The van der Waals surface area contributed by atoms with Crippen LogP contribution in [0.4, 0.5) is 5.69 Å². The molecule has 1 atom stereocenters. The van der Waals surface area contributed by atoms with Crippen LogP contribution >= 0.6 is 11.3 Å². The van der Waals surface area contributed by atoms with E-state index in [-0.39, 0.29) is 18.4 Å². The molecular formula is C18H22N2O3S2. The van der Waals surface area contributed by atoms with E-state index in [1.807, 2.05) is 43.3 Å². The summed E-state index contributed by atoms with van der Waals surface area (Å²) in [4.78, 5) is 13.9. The predicted molar refractivity (Wildman–Crippen MR) is 101 cm³/mol. The molecule has 1 heterocycles. The number of thiophene rings is 1. The van der Waals surface area contributed by atoms with Gasteiger partial charge in [-0.05, 0) is 42.0 Å². The lowest BCUT2D eigenvalue weighted by Crippen LogP contribution is -2.32. The van der Waals surface area contributed by atoms with Crippen molar-refractivity contribution in [1.29, 1.82) is 0 Å². The summed E-state index contributed by atoms with van der Waals surface area (Å²) in [6.45, 7) is 0.0941. The van der Waals surface area contributed by atoms with Gasteiger partial charge >= 0.3 is 0 Å². The monoisotopic (exact) mass is 378 g/mol. The van der Waals surface area contributed by atoms with Crippen LogP contribution < -0.4 is 10.2 Å². The summed E-state index contributed by atoms with van der Waals surface area (Å²) in [6, 6.07) is 10.8. The van der Waals surface area contributed by atoms with Crippen LogP contribution in [0.2, 0.25) is 0 Å². The van der Waals surface area contributed by atoms with E-state index in [1.54, 1.807) is 17.5 Å². The zero-order chi connectivity index (χ0) is 18.0. The molecule has 1 fully saturated rings. The van der Waals surface area contributed by atoms with Crippen molar-refractivity contribution in [1.82, 2.24) is 5.32 Å². The van der Waals surface area contributed by atoms with Crippen molar-refractivity contribution in [3.8, 4) is 0 Å². The standard InChI is InChI=1S/C18H22N2O3S2/c1-20(2)15-9-7-13(8-10-15)16(12-19-18(21)14-5-6-14)25(22,23)17-4-3-11-24-17/h3-4,7-11,14,16H,5-6,12H2,1-2H3,(H,19,21)/t16-/m0/s1. The maximum atomic E-state index is 13.1. The van der Waals surface area contributed by atoms with Gasteiger partial charge in [0.05, 0.1) is 0 Å². The van der Waals surface area contributed by atoms with E-state index in [2.05, 4.69) is 5.32 Å². The number of carbonyl (C=O) groups excluding carboxylic acids is 1. The molecule has 1 aliphatic carbocycles. The number of anilines is 1. The lowest BCUT2D eigenvalue weighted by Gasteiger charge is -2.19. The lowest BCUT2D eigenvalue weighted by atomic mass is 10.1. The van der Waals surface area contributed by atoms with Crippen molar-refractivity contribution in [3.05, 3.63) is 47.3 Å². The third-order valence-corrected chi connectivity index (χ3v) is 7.87. The smallest absolute Gasteiger partial charge is 0.223 e. The molecule has 3 rings (SSSR count). The van der Waals surface area contributed by atoms with Crippen LogP contribution in [0.5, 0.6) is 0 Å². The molecular weight excluding hydrogens is 356 g/mol. The molecule has 0 spiro atoms.